The van der Waals surface area contributed by atoms with Gasteiger partial charge < -0.3 is 9.47 Å². The molecule has 0 fully saturated rings. The molecule has 0 aliphatic heterocycles. The summed E-state index contributed by atoms with van der Waals surface area (Å²) in [7, 11) is 0.0626. The molecule has 0 bridgehead atoms. The predicted octanol–water partition coefficient (Wildman–Crippen LogP) is 4.92. The smallest absolute Gasteiger partial charge is 0.416 e. The molecule has 184 valence electrons. The van der Waals surface area contributed by atoms with Gasteiger partial charge in [-0.05, 0) is 47.0 Å². The molecule has 0 saturated heterocycles. The zero-order chi connectivity index (χ0) is 24.6. The summed E-state index contributed by atoms with van der Waals surface area (Å²) in [4.78, 5) is 12.6. The molecule has 2 aromatic rings. The highest BCUT2D eigenvalue weighted by atomic mass is 28.3. The normalized spacial score (nSPS) is 14.2. The average molecular weight is 487 g/mol. The van der Waals surface area contributed by atoms with E-state index in [0.717, 1.165) is 24.6 Å². The summed E-state index contributed by atoms with van der Waals surface area (Å²) in [6.45, 7) is 9.43. The van der Waals surface area contributed by atoms with Crippen molar-refractivity contribution in [3.8, 4) is 0 Å². The fraction of sp³-hybridized carbons (Fsp3) is 0.636. The third-order valence-electron chi connectivity index (χ3n) is 5.43. The van der Waals surface area contributed by atoms with Gasteiger partial charge >= 0.3 is 12.1 Å². The van der Waals surface area contributed by atoms with Crippen LogP contribution in [-0.4, -0.2) is 48.0 Å². The summed E-state index contributed by atoms with van der Waals surface area (Å²) in [5.74, 6) is -0.978. The van der Waals surface area contributed by atoms with Crippen molar-refractivity contribution in [2.75, 3.05) is 13.7 Å². The minimum absolute atomic E-state index is 0.135. The van der Waals surface area contributed by atoms with Crippen LogP contribution in [0.2, 0.25) is 25.7 Å². The number of esters is 1. The number of carbonyl (C=O) groups excluding carboxylic acids is 1. The van der Waals surface area contributed by atoms with Crippen LogP contribution in [-0.2, 0) is 33.6 Å². The van der Waals surface area contributed by atoms with Crippen molar-refractivity contribution in [3.63, 3.8) is 0 Å². The van der Waals surface area contributed by atoms with E-state index in [-0.39, 0.29) is 13.2 Å². The number of methoxy groups -OCH3 is 1. The average Bonchev–Trinajstić information content (AvgIpc) is 3.20. The number of benzene rings is 1. The summed E-state index contributed by atoms with van der Waals surface area (Å²) in [5, 5.41) is 12.0. The third-order valence-corrected chi connectivity index (χ3v) is 7.13. The molecule has 2 rings (SSSR count). The highest BCUT2D eigenvalue weighted by molar-refractivity contribution is 6.76. The molecule has 0 saturated carbocycles. The Labute approximate surface area is 193 Å². The topological polar surface area (TPSA) is 79.1 Å². The number of hydrogen-bond donors (Lipinski definition) is 0. The lowest BCUT2D eigenvalue weighted by atomic mass is 9.83. The van der Waals surface area contributed by atoms with Crippen LogP contribution >= 0.6 is 0 Å². The summed E-state index contributed by atoms with van der Waals surface area (Å²) < 4.78 is 51.2. The van der Waals surface area contributed by atoms with Crippen molar-refractivity contribution in [1.82, 2.24) is 20.2 Å². The van der Waals surface area contributed by atoms with Gasteiger partial charge in [0.1, 0.15) is 6.73 Å². The number of alkyl halides is 3. The van der Waals surface area contributed by atoms with E-state index in [1.165, 1.54) is 23.9 Å². The monoisotopic (exact) mass is 486 g/mol. The maximum atomic E-state index is 13.0. The zero-order valence-corrected chi connectivity index (χ0v) is 20.9. The second-order valence-electron chi connectivity index (χ2n) is 9.31. The molecule has 1 unspecified atom stereocenters. The van der Waals surface area contributed by atoms with E-state index in [4.69, 9.17) is 9.47 Å². The van der Waals surface area contributed by atoms with Crippen molar-refractivity contribution in [2.45, 2.75) is 70.7 Å². The molecular formula is C22H33F3N4O3Si. The van der Waals surface area contributed by atoms with Gasteiger partial charge in [-0.1, -0.05) is 45.1 Å². The van der Waals surface area contributed by atoms with Gasteiger partial charge in [0.05, 0.1) is 18.6 Å². The number of aromatic nitrogens is 4. The maximum absolute atomic E-state index is 13.0. The number of tetrazole rings is 1. The largest absolute Gasteiger partial charge is 0.469 e. The van der Waals surface area contributed by atoms with Crippen LogP contribution in [0.25, 0.3) is 0 Å². The van der Waals surface area contributed by atoms with Gasteiger partial charge in [0.15, 0.2) is 5.82 Å². The van der Waals surface area contributed by atoms with E-state index in [0.29, 0.717) is 24.4 Å². The minimum Gasteiger partial charge on any atom is -0.469 e. The van der Waals surface area contributed by atoms with Crippen molar-refractivity contribution in [1.29, 1.82) is 0 Å². The molecule has 7 nitrogen and oxygen atoms in total. The number of halogens is 3. The molecule has 0 amide bonds. The molecule has 2 atom stereocenters. The van der Waals surface area contributed by atoms with Gasteiger partial charge in [-0.25, -0.2) is 4.68 Å². The molecule has 1 heterocycles. The first-order valence-electron chi connectivity index (χ1n) is 11.0. The van der Waals surface area contributed by atoms with Crippen LogP contribution in [0.1, 0.15) is 42.6 Å². The fourth-order valence-electron chi connectivity index (χ4n) is 3.54. The van der Waals surface area contributed by atoms with Crippen LogP contribution in [0.4, 0.5) is 13.2 Å². The van der Waals surface area contributed by atoms with Gasteiger partial charge in [0.25, 0.3) is 0 Å². The lowest BCUT2D eigenvalue weighted by Gasteiger charge is -2.24. The molecule has 1 aromatic heterocycles. The van der Waals surface area contributed by atoms with Crippen LogP contribution in [0, 0.1) is 5.92 Å². The lowest BCUT2D eigenvalue weighted by molar-refractivity contribution is -0.146. The predicted molar refractivity (Wildman–Crippen MR) is 120 cm³/mol. The van der Waals surface area contributed by atoms with E-state index < -0.39 is 37.6 Å². The maximum Gasteiger partial charge on any atom is 0.416 e. The van der Waals surface area contributed by atoms with Crippen molar-refractivity contribution < 1.29 is 27.4 Å². The molecule has 0 radical (unpaired) electrons. The SMILES string of the molecule is CCCC(C(=O)OC)[C@H](Cc1ccc(C(F)(F)F)cc1)c1nnnn1COCC[Si](C)(C)C. The first kappa shape index (κ1) is 27.0. The Bertz CT molecular complexity index is 882. The molecule has 11 heteroatoms. The van der Waals surface area contributed by atoms with Crippen molar-refractivity contribution >= 4 is 14.0 Å². The lowest BCUT2D eigenvalue weighted by Crippen LogP contribution is -2.28. The summed E-state index contributed by atoms with van der Waals surface area (Å²) in [5.41, 5.74) is -0.0753. The van der Waals surface area contributed by atoms with E-state index >= 15 is 0 Å². The van der Waals surface area contributed by atoms with Gasteiger partial charge in [-0.15, -0.1) is 5.10 Å². The van der Waals surface area contributed by atoms with E-state index in [1.807, 2.05) is 6.92 Å². The van der Waals surface area contributed by atoms with E-state index in [9.17, 15) is 18.0 Å². The van der Waals surface area contributed by atoms with Gasteiger partial charge in [-0.3, -0.25) is 4.79 Å². The van der Waals surface area contributed by atoms with Crippen molar-refractivity contribution in [2.24, 2.45) is 5.92 Å². The molecular weight excluding hydrogens is 453 g/mol. The van der Waals surface area contributed by atoms with Crippen LogP contribution in [0.15, 0.2) is 24.3 Å². The Morgan fingerprint density at radius 3 is 2.39 bits per heavy atom. The Kier molecular flexibility index (Phi) is 9.59. The number of nitrogens with zero attached hydrogens (tertiary/aromatic N) is 4. The second kappa shape index (κ2) is 11.7. The van der Waals surface area contributed by atoms with Gasteiger partial charge in [0, 0.05) is 20.6 Å². The van der Waals surface area contributed by atoms with E-state index in [2.05, 4.69) is 35.2 Å². The molecule has 1 aromatic carbocycles. The van der Waals surface area contributed by atoms with Gasteiger partial charge in [0.2, 0.25) is 0 Å². The zero-order valence-electron chi connectivity index (χ0n) is 19.9. The number of hydrogen-bond acceptors (Lipinski definition) is 6. The first-order valence-corrected chi connectivity index (χ1v) is 14.7. The van der Waals surface area contributed by atoms with Crippen LogP contribution in [0.5, 0.6) is 0 Å². The Morgan fingerprint density at radius 1 is 1.18 bits per heavy atom. The molecule has 0 N–H and O–H groups in total. The number of carbonyl (C=O) groups is 1. The molecule has 0 spiro atoms. The van der Waals surface area contributed by atoms with Crippen LogP contribution < -0.4 is 0 Å². The van der Waals surface area contributed by atoms with Crippen LogP contribution in [0.3, 0.4) is 0 Å². The second-order valence-corrected chi connectivity index (χ2v) is 14.9. The Morgan fingerprint density at radius 2 is 1.85 bits per heavy atom. The highest BCUT2D eigenvalue weighted by Gasteiger charge is 2.35. The van der Waals surface area contributed by atoms with Crippen molar-refractivity contribution in [3.05, 3.63) is 41.2 Å². The summed E-state index contributed by atoms with van der Waals surface area (Å²) >= 11 is 0. The molecule has 0 aliphatic rings. The number of ether oxygens (including phenoxy) is 2. The van der Waals surface area contributed by atoms with Gasteiger partial charge in [-0.2, -0.15) is 13.2 Å². The third kappa shape index (κ3) is 8.22. The minimum atomic E-state index is -4.41. The Hall–Kier alpha value is -2.27. The molecule has 33 heavy (non-hydrogen) atoms. The standard InChI is InChI=1S/C22H33F3N4O3Si/c1-6-7-18(21(30)31-2)19(14-16-8-10-17(11-9-16)22(23,24)25)20-26-27-28-29(20)15-32-12-13-33(3,4)5/h8-11,18-19H,6-7,12-15H2,1-5H3/t18?,19-/m0/s1. The summed E-state index contributed by atoms with van der Waals surface area (Å²) in [6.07, 6.45) is -2.88. The fourth-order valence-corrected chi connectivity index (χ4v) is 4.30. The quantitative estimate of drug-likeness (QED) is 0.241. The highest BCUT2D eigenvalue weighted by Crippen LogP contribution is 2.33. The molecule has 0 aliphatic carbocycles. The first-order chi connectivity index (χ1) is 15.5. The number of rotatable bonds is 12. The van der Waals surface area contributed by atoms with E-state index in [1.54, 1.807) is 0 Å². The summed E-state index contributed by atoms with van der Waals surface area (Å²) in [6, 6.07) is 5.92. The Balaban J connectivity index is 2.30.